The number of amides is 3. The van der Waals surface area contributed by atoms with Crippen LogP contribution in [0, 0.1) is 0 Å². The Morgan fingerprint density at radius 3 is 2.08 bits per heavy atom. The van der Waals surface area contributed by atoms with Crippen LogP contribution in [0.4, 0.5) is 11.4 Å². The van der Waals surface area contributed by atoms with E-state index in [1.54, 1.807) is 42.5 Å². The number of hydrogen-bond donors (Lipinski definition) is 3. The topological polar surface area (TPSA) is 96.5 Å². The SMILES string of the molecule is CCOc1ccc(/C=C(\NC(=O)c2ccccc2)C(=O)Nc2ccc(SC(C(=O)Nc3cccc4ccccc34)c3ccccc3)cc2)cc1. The quantitative estimate of drug-likeness (QED) is 0.0887. The Kier molecular flexibility index (Phi) is 11.0. The molecule has 0 radical (unpaired) electrons. The smallest absolute Gasteiger partial charge is 0.272 e. The number of carbonyl (C=O) groups is 3. The molecule has 0 heterocycles. The first kappa shape index (κ1) is 33.8. The van der Waals surface area contributed by atoms with E-state index in [2.05, 4.69) is 16.0 Å². The summed E-state index contributed by atoms with van der Waals surface area (Å²) < 4.78 is 5.53. The summed E-state index contributed by atoms with van der Waals surface area (Å²) in [6.45, 7) is 2.45. The van der Waals surface area contributed by atoms with Crippen molar-refractivity contribution in [1.82, 2.24) is 5.32 Å². The molecule has 3 N–H and O–H groups in total. The van der Waals surface area contributed by atoms with Gasteiger partial charge in [-0.25, -0.2) is 0 Å². The summed E-state index contributed by atoms with van der Waals surface area (Å²) in [4.78, 5) is 41.3. The average Bonchev–Trinajstić information content (AvgIpc) is 3.16. The van der Waals surface area contributed by atoms with Crippen LogP contribution in [0.5, 0.6) is 5.75 Å². The van der Waals surface area contributed by atoms with Crippen LogP contribution in [-0.2, 0) is 9.59 Å². The Morgan fingerprint density at radius 2 is 1.36 bits per heavy atom. The summed E-state index contributed by atoms with van der Waals surface area (Å²) in [7, 11) is 0. The number of anilines is 2. The van der Waals surface area contributed by atoms with Gasteiger partial charge >= 0.3 is 0 Å². The van der Waals surface area contributed by atoms with Crippen LogP contribution < -0.4 is 20.7 Å². The van der Waals surface area contributed by atoms with Crippen molar-refractivity contribution >= 4 is 57.7 Å². The van der Waals surface area contributed by atoms with Crippen molar-refractivity contribution in [2.75, 3.05) is 17.2 Å². The third kappa shape index (κ3) is 8.66. The zero-order valence-electron chi connectivity index (χ0n) is 27.3. The molecule has 0 aliphatic carbocycles. The Hall–Kier alpha value is -6.12. The molecule has 3 amide bonds. The molecule has 8 heteroatoms. The molecule has 0 aromatic heterocycles. The molecule has 6 aromatic rings. The minimum absolute atomic E-state index is 0.0794. The van der Waals surface area contributed by atoms with Crippen molar-refractivity contribution < 1.29 is 19.1 Å². The molecular weight excluding hydrogens is 643 g/mol. The van der Waals surface area contributed by atoms with Crippen molar-refractivity contribution in [2.24, 2.45) is 0 Å². The molecule has 1 atom stereocenters. The first-order valence-electron chi connectivity index (χ1n) is 16.2. The highest BCUT2D eigenvalue weighted by atomic mass is 32.2. The van der Waals surface area contributed by atoms with Gasteiger partial charge in [0.2, 0.25) is 5.91 Å². The number of fused-ring (bicyclic) bond motifs is 1. The number of thioether (sulfide) groups is 1. The normalized spacial score (nSPS) is 11.7. The second-order valence-electron chi connectivity index (χ2n) is 11.3. The molecular formula is C42H35N3O4S. The standard InChI is InChI=1S/C42H35N3O4S/c1-2-49-34-24-20-29(21-25-34)28-38(45-40(46)32-15-7-4-8-16-32)41(47)43-33-22-26-35(27-23-33)50-39(31-13-5-3-6-14-31)42(48)44-37-19-11-17-30-12-9-10-18-36(30)37/h3-28,39H,2H2,1H3,(H,43,47)(H,44,48)(H,45,46)/b38-28-. The van der Waals surface area contributed by atoms with Crippen LogP contribution in [0.25, 0.3) is 16.8 Å². The predicted octanol–water partition coefficient (Wildman–Crippen LogP) is 9.12. The van der Waals surface area contributed by atoms with Crippen LogP contribution in [0.2, 0.25) is 0 Å². The number of carbonyl (C=O) groups excluding carboxylic acids is 3. The predicted molar refractivity (Wildman–Crippen MR) is 202 cm³/mol. The minimum Gasteiger partial charge on any atom is -0.494 e. The summed E-state index contributed by atoms with van der Waals surface area (Å²) in [6, 6.07) is 46.7. The van der Waals surface area contributed by atoms with Crippen molar-refractivity contribution in [2.45, 2.75) is 17.1 Å². The Labute approximate surface area is 295 Å². The van der Waals surface area contributed by atoms with Crippen molar-refractivity contribution in [3.8, 4) is 5.75 Å². The summed E-state index contributed by atoms with van der Waals surface area (Å²) >= 11 is 1.42. The maximum absolute atomic E-state index is 13.8. The number of ether oxygens (including phenoxy) is 1. The molecule has 0 saturated carbocycles. The number of benzene rings is 6. The fraction of sp³-hybridized carbons (Fsp3) is 0.0714. The molecule has 0 bridgehead atoms. The highest BCUT2D eigenvalue weighted by molar-refractivity contribution is 8.00. The summed E-state index contributed by atoms with van der Waals surface area (Å²) in [5.41, 5.74) is 3.37. The van der Waals surface area contributed by atoms with Gasteiger partial charge in [0.15, 0.2) is 0 Å². The van der Waals surface area contributed by atoms with E-state index >= 15 is 0 Å². The Balaban J connectivity index is 1.19. The number of hydrogen-bond acceptors (Lipinski definition) is 5. The van der Waals surface area contributed by atoms with Crippen LogP contribution in [0.1, 0.15) is 33.7 Å². The zero-order valence-corrected chi connectivity index (χ0v) is 28.2. The summed E-state index contributed by atoms with van der Waals surface area (Å²) in [5, 5.41) is 10.3. The van der Waals surface area contributed by atoms with Gasteiger partial charge in [-0.05, 0) is 84.1 Å². The van der Waals surface area contributed by atoms with E-state index in [1.807, 2.05) is 122 Å². The van der Waals surface area contributed by atoms with Gasteiger partial charge in [0.25, 0.3) is 11.8 Å². The lowest BCUT2D eigenvalue weighted by atomic mass is 10.1. The van der Waals surface area contributed by atoms with Gasteiger partial charge in [-0.1, -0.05) is 97.1 Å². The Morgan fingerprint density at radius 1 is 0.700 bits per heavy atom. The molecule has 7 nitrogen and oxygen atoms in total. The lowest BCUT2D eigenvalue weighted by Crippen LogP contribution is -2.30. The van der Waals surface area contributed by atoms with Crippen molar-refractivity contribution in [3.05, 3.63) is 174 Å². The van der Waals surface area contributed by atoms with E-state index in [-0.39, 0.29) is 11.6 Å². The first-order chi connectivity index (χ1) is 24.5. The lowest BCUT2D eigenvalue weighted by molar-refractivity contribution is -0.116. The van der Waals surface area contributed by atoms with Gasteiger partial charge in [-0.3, -0.25) is 14.4 Å². The van der Waals surface area contributed by atoms with Crippen LogP contribution >= 0.6 is 11.8 Å². The van der Waals surface area contributed by atoms with Gasteiger partial charge in [0, 0.05) is 27.2 Å². The van der Waals surface area contributed by atoms with E-state index in [0.717, 1.165) is 26.9 Å². The average molecular weight is 678 g/mol. The van der Waals surface area contributed by atoms with E-state index in [9.17, 15) is 14.4 Å². The van der Waals surface area contributed by atoms with Gasteiger partial charge in [-0.15, -0.1) is 11.8 Å². The van der Waals surface area contributed by atoms with Gasteiger partial charge in [0.05, 0.1) is 6.61 Å². The Bertz CT molecular complexity index is 2110. The van der Waals surface area contributed by atoms with Crippen molar-refractivity contribution in [1.29, 1.82) is 0 Å². The second kappa shape index (κ2) is 16.3. The fourth-order valence-electron chi connectivity index (χ4n) is 5.32. The number of nitrogens with one attached hydrogen (secondary N) is 3. The molecule has 0 saturated heterocycles. The van der Waals surface area contributed by atoms with Crippen LogP contribution in [0.15, 0.2) is 162 Å². The summed E-state index contributed by atoms with van der Waals surface area (Å²) in [6.07, 6.45) is 1.62. The van der Waals surface area contributed by atoms with Gasteiger partial charge in [-0.2, -0.15) is 0 Å². The first-order valence-corrected chi connectivity index (χ1v) is 17.1. The van der Waals surface area contributed by atoms with E-state index in [4.69, 9.17) is 4.74 Å². The van der Waals surface area contributed by atoms with Crippen LogP contribution in [-0.4, -0.2) is 24.3 Å². The fourth-order valence-corrected chi connectivity index (χ4v) is 6.35. The minimum atomic E-state index is -0.535. The van der Waals surface area contributed by atoms with E-state index < -0.39 is 17.1 Å². The molecule has 50 heavy (non-hydrogen) atoms. The van der Waals surface area contributed by atoms with Gasteiger partial charge < -0.3 is 20.7 Å². The molecule has 1 unspecified atom stereocenters. The molecule has 0 spiro atoms. The molecule has 0 fully saturated rings. The van der Waals surface area contributed by atoms with Crippen molar-refractivity contribution in [3.63, 3.8) is 0 Å². The summed E-state index contributed by atoms with van der Waals surface area (Å²) in [5.74, 6) is -0.325. The van der Waals surface area contributed by atoms with E-state index in [1.165, 1.54) is 11.8 Å². The third-order valence-electron chi connectivity index (χ3n) is 7.78. The molecule has 6 aromatic carbocycles. The number of rotatable bonds is 12. The highest BCUT2D eigenvalue weighted by Crippen LogP contribution is 2.37. The molecule has 6 rings (SSSR count). The van der Waals surface area contributed by atoms with Crippen LogP contribution in [0.3, 0.4) is 0 Å². The highest BCUT2D eigenvalue weighted by Gasteiger charge is 2.23. The maximum atomic E-state index is 13.8. The lowest BCUT2D eigenvalue weighted by Gasteiger charge is -2.18. The molecule has 0 aliphatic rings. The van der Waals surface area contributed by atoms with E-state index in [0.29, 0.717) is 29.2 Å². The molecule has 0 aliphatic heterocycles. The zero-order chi connectivity index (χ0) is 34.7. The second-order valence-corrected chi connectivity index (χ2v) is 12.5. The monoisotopic (exact) mass is 677 g/mol. The largest absolute Gasteiger partial charge is 0.494 e. The van der Waals surface area contributed by atoms with Gasteiger partial charge in [0.1, 0.15) is 16.7 Å². The maximum Gasteiger partial charge on any atom is 0.272 e. The molecule has 248 valence electrons. The third-order valence-corrected chi connectivity index (χ3v) is 9.05.